The van der Waals surface area contributed by atoms with E-state index in [9.17, 15) is 26.8 Å². The third-order valence-electron chi connectivity index (χ3n) is 3.00. The van der Waals surface area contributed by atoms with Crippen molar-refractivity contribution in [3.8, 4) is 0 Å². The van der Waals surface area contributed by atoms with E-state index in [0.29, 0.717) is 0 Å². The summed E-state index contributed by atoms with van der Waals surface area (Å²) in [5.74, 6) is -5.03. The number of amides is 1. The smallest absolute Gasteiger partial charge is 0.341 e. The average molecular weight is 405 g/mol. The third kappa shape index (κ3) is 4.96. The van der Waals surface area contributed by atoms with Gasteiger partial charge in [-0.05, 0) is 36.4 Å². The molecule has 0 saturated heterocycles. The Morgan fingerprint density at radius 3 is 2.42 bits per heavy atom. The molecule has 1 heterocycles. The zero-order valence-corrected chi connectivity index (χ0v) is 14.4. The summed E-state index contributed by atoms with van der Waals surface area (Å²) in [5.41, 5.74) is 0.255. The van der Waals surface area contributed by atoms with Crippen LogP contribution in [-0.4, -0.2) is 37.6 Å². The zero-order valence-electron chi connectivity index (χ0n) is 12.9. The number of halogens is 3. The molecule has 0 spiro atoms. The lowest BCUT2D eigenvalue weighted by atomic mass is 10.3. The highest BCUT2D eigenvalue weighted by Gasteiger charge is 2.26. The number of carbonyl (C=O) groups excluding carboxylic acids is 2. The molecule has 0 unspecified atom stereocenters. The fourth-order valence-corrected chi connectivity index (χ4v) is 2.67. The van der Waals surface area contributed by atoms with Crippen LogP contribution < -0.4 is 5.32 Å². The first-order valence-corrected chi connectivity index (χ1v) is 8.83. The van der Waals surface area contributed by atoms with Crippen LogP contribution in [0.5, 0.6) is 0 Å². The minimum atomic E-state index is -4.71. The molecular weight excluding hydrogens is 394 g/mol. The number of esters is 1. The van der Waals surface area contributed by atoms with Crippen molar-refractivity contribution in [1.82, 2.24) is 4.98 Å². The summed E-state index contributed by atoms with van der Waals surface area (Å²) in [6.07, 6.45) is 1.30. The number of hydrogen-bond acceptors (Lipinski definition) is 6. The molecular formula is C15H11ClF2N2O5S. The molecule has 0 atom stereocenters. The van der Waals surface area contributed by atoms with E-state index in [1.807, 2.05) is 0 Å². The first-order chi connectivity index (χ1) is 12.2. The standard InChI is InChI=1S/C15H11ClF2N2O5S/c16-12-7-9(5-6-19-12)14(22)25-8-13(21)20-10-1-3-11(4-2-10)26(23,24)15(17)18/h1-7,15H,8H2,(H,20,21). The van der Waals surface area contributed by atoms with Crippen molar-refractivity contribution < 1.29 is 31.5 Å². The van der Waals surface area contributed by atoms with Gasteiger partial charge in [0.15, 0.2) is 6.61 Å². The molecule has 138 valence electrons. The van der Waals surface area contributed by atoms with Crippen molar-refractivity contribution in [2.45, 2.75) is 10.7 Å². The number of hydrogen-bond donors (Lipinski definition) is 1. The highest BCUT2D eigenvalue weighted by atomic mass is 35.5. The number of aromatic nitrogens is 1. The molecule has 26 heavy (non-hydrogen) atoms. The highest BCUT2D eigenvalue weighted by molar-refractivity contribution is 7.91. The molecule has 1 N–H and O–H groups in total. The maximum absolute atomic E-state index is 12.4. The summed E-state index contributed by atoms with van der Waals surface area (Å²) in [6.45, 7) is -0.615. The predicted molar refractivity (Wildman–Crippen MR) is 87.8 cm³/mol. The number of carbonyl (C=O) groups is 2. The van der Waals surface area contributed by atoms with Gasteiger partial charge in [-0.2, -0.15) is 8.78 Å². The van der Waals surface area contributed by atoms with Gasteiger partial charge in [-0.15, -0.1) is 0 Å². The molecule has 0 aliphatic carbocycles. The molecule has 7 nitrogen and oxygen atoms in total. The Kier molecular flexibility index (Phi) is 6.22. The lowest BCUT2D eigenvalue weighted by molar-refractivity contribution is -0.119. The topological polar surface area (TPSA) is 102 Å². The van der Waals surface area contributed by atoms with Gasteiger partial charge >= 0.3 is 11.7 Å². The first kappa shape index (κ1) is 19.7. The summed E-state index contributed by atoms with van der Waals surface area (Å²) in [4.78, 5) is 26.6. The van der Waals surface area contributed by atoms with Gasteiger partial charge in [0, 0.05) is 11.9 Å². The predicted octanol–water partition coefficient (Wildman–Crippen LogP) is 2.53. The molecule has 2 rings (SSSR count). The van der Waals surface area contributed by atoms with Crippen molar-refractivity contribution in [2.24, 2.45) is 0 Å². The van der Waals surface area contributed by atoms with Crippen LogP contribution in [0.2, 0.25) is 5.15 Å². The summed E-state index contributed by atoms with van der Waals surface area (Å²) >= 11 is 5.64. The van der Waals surface area contributed by atoms with E-state index in [-0.39, 0.29) is 16.4 Å². The number of nitrogens with zero attached hydrogens (tertiary/aromatic N) is 1. The summed E-state index contributed by atoms with van der Waals surface area (Å²) < 4.78 is 52.2. The molecule has 0 radical (unpaired) electrons. The molecule has 1 amide bonds. The Hall–Kier alpha value is -2.59. The number of alkyl halides is 2. The second kappa shape index (κ2) is 8.19. The largest absolute Gasteiger partial charge is 0.452 e. The Morgan fingerprint density at radius 2 is 1.85 bits per heavy atom. The average Bonchev–Trinajstić information content (AvgIpc) is 2.60. The fraction of sp³-hybridized carbons (Fsp3) is 0.133. The Bertz CT molecular complexity index is 920. The van der Waals surface area contributed by atoms with Gasteiger partial charge in [0.1, 0.15) is 5.15 Å². The SMILES string of the molecule is O=C(COC(=O)c1ccnc(Cl)c1)Nc1ccc(S(=O)(=O)C(F)F)cc1. The fourth-order valence-electron chi connectivity index (χ4n) is 1.77. The van der Waals surface area contributed by atoms with Crippen molar-refractivity contribution in [2.75, 3.05) is 11.9 Å². The Balaban J connectivity index is 1.93. The second-order valence-corrected chi connectivity index (χ2v) is 7.13. The molecule has 0 fully saturated rings. The normalized spacial score (nSPS) is 11.2. The summed E-state index contributed by atoms with van der Waals surface area (Å²) in [6, 6.07) is 6.76. The van der Waals surface area contributed by atoms with Gasteiger partial charge < -0.3 is 10.1 Å². The van der Waals surface area contributed by atoms with Crippen molar-refractivity contribution >= 4 is 39.0 Å². The number of benzene rings is 1. The molecule has 1 aromatic carbocycles. The van der Waals surface area contributed by atoms with Crippen LogP contribution in [0.1, 0.15) is 10.4 Å². The minimum Gasteiger partial charge on any atom is -0.452 e. The highest BCUT2D eigenvalue weighted by Crippen LogP contribution is 2.20. The zero-order chi connectivity index (χ0) is 19.3. The molecule has 0 bridgehead atoms. The minimum absolute atomic E-state index is 0.0859. The maximum atomic E-state index is 12.4. The molecule has 0 aliphatic heterocycles. The van der Waals surface area contributed by atoms with Crippen LogP contribution in [0.15, 0.2) is 47.5 Å². The van der Waals surface area contributed by atoms with Crippen molar-refractivity contribution in [1.29, 1.82) is 0 Å². The quantitative estimate of drug-likeness (QED) is 0.586. The Labute approximate surface area is 151 Å². The van der Waals surface area contributed by atoms with Crippen LogP contribution >= 0.6 is 11.6 Å². The van der Waals surface area contributed by atoms with Crippen LogP contribution in [0.4, 0.5) is 14.5 Å². The summed E-state index contributed by atoms with van der Waals surface area (Å²) in [7, 11) is -4.71. The first-order valence-electron chi connectivity index (χ1n) is 6.91. The number of anilines is 1. The molecule has 1 aromatic heterocycles. The maximum Gasteiger partial charge on any atom is 0.341 e. The van der Waals surface area contributed by atoms with Crippen LogP contribution in [-0.2, 0) is 19.4 Å². The van der Waals surface area contributed by atoms with Crippen molar-refractivity contribution in [3.63, 3.8) is 0 Å². The van der Waals surface area contributed by atoms with E-state index in [0.717, 1.165) is 24.3 Å². The number of sulfone groups is 1. The van der Waals surface area contributed by atoms with Gasteiger partial charge in [0.25, 0.3) is 5.91 Å². The number of rotatable bonds is 6. The van der Waals surface area contributed by atoms with E-state index in [2.05, 4.69) is 10.3 Å². The lowest BCUT2D eigenvalue weighted by Gasteiger charge is -2.08. The molecule has 0 saturated carbocycles. The van der Waals surface area contributed by atoms with Crippen LogP contribution in [0, 0.1) is 0 Å². The molecule has 11 heteroatoms. The van der Waals surface area contributed by atoms with Gasteiger partial charge in [-0.1, -0.05) is 11.6 Å². The van der Waals surface area contributed by atoms with Gasteiger partial charge in [-0.25, -0.2) is 18.2 Å². The van der Waals surface area contributed by atoms with E-state index in [1.165, 1.54) is 18.3 Å². The van der Waals surface area contributed by atoms with Gasteiger partial charge in [-0.3, -0.25) is 4.79 Å². The van der Waals surface area contributed by atoms with Crippen LogP contribution in [0.3, 0.4) is 0 Å². The molecule has 2 aromatic rings. The monoisotopic (exact) mass is 404 g/mol. The van der Waals surface area contributed by atoms with E-state index >= 15 is 0 Å². The van der Waals surface area contributed by atoms with Crippen molar-refractivity contribution in [3.05, 3.63) is 53.3 Å². The third-order valence-corrected chi connectivity index (χ3v) is 4.60. The Morgan fingerprint density at radius 1 is 1.19 bits per heavy atom. The van der Waals surface area contributed by atoms with Gasteiger partial charge in [0.05, 0.1) is 10.5 Å². The number of pyridine rings is 1. The van der Waals surface area contributed by atoms with Crippen LogP contribution in [0.25, 0.3) is 0 Å². The van der Waals surface area contributed by atoms with Gasteiger partial charge in [0.2, 0.25) is 9.84 Å². The summed E-state index contributed by atoms with van der Waals surface area (Å²) in [5, 5.41) is 2.42. The number of ether oxygens (including phenoxy) is 1. The van der Waals surface area contributed by atoms with E-state index in [1.54, 1.807) is 0 Å². The van der Waals surface area contributed by atoms with E-state index in [4.69, 9.17) is 16.3 Å². The lowest BCUT2D eigenvalue weighted by Crippen LogP contribution is -2.21. The second-order valence-electron chi connectivity index (χ2n) is 4.82. The number of nitrogens with one attached hydrogen (secondary N) is 1. The molecule has 0 aliphatic rings. The van der Waals surface area contributed by atoms with E-state index < -0.39 is 39.0 Å².